The maximum atomic E-state index is 11.8. The Hall–Kier alpha value is -1.18. The molecule has 0 aliphatic carbocycles. The van der Waals surface area contributed by atoms with E-state index in [4.69, 9.17) is 4.74 Å². The zero-order valence-electron chi connectivity index (χ0n) is 9.70. The highest BCUT2D eigenvalue weighted by molar-refractivity contribution is 14.1. The number of carbonyl (C=O) groups is 1. The number of hydrogen-bond donors (Lipinski definition) is 0. The van der Waals surface area contributed by atoms with Crippen molar-refractivity contribution in [2.75, 3.05) is 6.61 Å². The molecule has 0 fully saturated rings. The van der Waals surface area contributed by atoms with Gasteiger partial charge in [0.15, 0.2) is 0 Å². The molecule has 17 heavy (non-hydrogen) atoms. The molecule has 92 valence electrons. The van der Waals surface area contributed by atoms with Crippen LogP contribution in [0.15, 0.2) is 23.1 Å². The molecule has 1 rings (SSSR count). The highest BCUT2D eigenvalue weighted by Gasteiger charge is 2.12. The lowest BCUT2D eigenvalue weighted by Crippen LogP contribution is -2.28. The Labute approximate surface area is 113 Å². The van der Waals surface area contributed by atoms with Crippen molar-refractivity contribution in [3.05, 3.63) is 38.1 Å². The summed E-state index contributed by atoms with van der Waals surface area (Å²) < 4.78 is 6.72. The Bertz CT molecular complexity index is 508. The molecule has 1 aromatic heterocycles. The van der Waals surface area contributed by atoms with E-state index < -0.39 is 5.97 Å². The van der Waals surface area contributed by atoms with Gasteiger partial charge in [0.05, 0.1) is 16.7 Å². The lowest BCUT2D eigenvalue weighted by Gasteiger charge is -2.10. The van der Waals surface area contributed by atoms with E-state index in [9.17, 15) is 9.59 Å². The van der Waals surface area contributed by atoms with Gasteiger partial charge in [-0.05, 0) is 36.4 Å². The van der Waals surface area contributed by atoms with Crippen molar-refractivity contribution in [2.45, 2.75) is 20.4 Å². The molecule has 0 radical (unpaired) electrons. The van der Waals surface area contributed by atoms with Crippen molar-refractivity contribution < 1.29 is 9.53 Å². The van der Waals surface area contributed by atoms with Crippen LogP contribution in [0.5, 0.6) is 0 Å². The first kappa shape index (κ1) is 13.9. The van der Waals surface area contributed by atoms with Gasteiger partial charge in [0.25, 0.3) is 5.56 Å². The summed E-state index contributed by atoms with van der Waals surface area (Å²) in [5.74, 6) is 0.0542. The van der Waals surface area contributed by atoms with E-state index in [1.54, 1.807) is 13.8 Å². The van der Waals surface area contributed by atoms with Crippen molar-refractivity contribution >= 4 is 28.6 Å². The lowest BCUT2D eigenvalue weighted by atomic mass is 10.3. The van der Waals surface area contributed by atoms with Crippen LogP contribution < -0.4 is 5.56 Å². The van der Waals surface area contributed by atoms with E-state index >= 15 is 0 Å². The molecule has 6 heteroatoms. The van der Waals surface area contributed by atoms with Crippen LogP contribution in [-0.2, 0) is 16.1 Å². The number of aromatic nitrogens is 2. The number of nitrogens with zero attached hydrogens (tertiary/aromatic N) is 2. The van der Waals surface area contributed by atoms with Gasteiger partial charge in [-0.1, -0.05) is 6.58 Å². The number of halogens is 1. The summed E-state index contributed by atoms with van der Waals surface area (Å²) in [5, 5.41) is 0. The highest BCUT2D eigenvalue weighted by atomic mass is 127. The second kappa shape index (κ2) is 5.95. The van der Waals surface area contributed by atoms with Crippen molar-refractivity contribution in [1.29, 1.82) is 0 Å². The molecule has 0 atom stereocenters. The van der Waals surface area contributed by atoms with E-state index in [1.807, 2.05) is 22.6 Å². The average molecular weight is 348 g/mol. The minimum Gasteiger partial charge on any atom is -0.463 e. The molecule has 1 heterocycles. The summed E-state index contributed by atoms with van der Waals surface area (Å²) >= 11 is 1.91. The highest BCUT2D eigenvalue weighted by Crippen LogP contribution is 2.03. The second-order valence-electron chi connectivity index (χ2n) is 3.37. The predicted molar refractivity (Wildman–Crippen MR) is 71.7 cm³/mol. The van der Waals surface area contributed by atoms with Crippen molar-refractivity contribution in [3.63, 3.8) is 0 Å². The molecule has 0 bridgehead atoms. The fraction of sp³-hybridized carbons (Fsp3) is 0.364. The predicted octanol–water partition coefficient (Wildman–Crippen LogP) is 1.28. The second-order valence-corrected chi connectivity index (χ2v) is 4.53. The van der Waals surface area contributed by atoms with Gasteiger partial charge >= 0.3 is 5.97 Å². The number of rotatable bonds is 4. The van der Waals surface area contributed by atoms with Crippen LogP contribution in [0.1, 0.15) is 12.7 Å². The molecule has 0 saturated heterocycles. The van der Waals surface area contributed by atoms with Crippen molar-refractivity contribution in [2.24, 2.45) is 0 Å². The van der Waals surface area contributed by atoms with E-state index in [2.05, 4.69) is 11.6 Å². The normalized spacial score (nSPS) is 10.1. The van der Waals surface area contributed by atoms with Crippen LogP contribution in [0.25, 0.3) is 0 Å². The largest absolute Gasteiger partial charge is 0.463 e. The van der Waals surface area contributed by atoms with Crippen LogP contribution in [0, 0.1) is 10.5 Å². The minimum absolute atomic E-state index is 0.105. The Morgan fingerprint density at radius 2 is 2.29 bits per heavy atom. The molecule has 0 aromatic carbocycles. The first-order valence-corrected chi connectivity index (χ1v) is 6.12. The third-order valence-corrected chi connectivity index (χ3v) is 2.86. The monoisotopic (exact) mass is 348 g/mol. The van der Waals surface area contributed by atoms with E-state index in [0.717, 1.165) is 0 Å². The Kier molecular flexibility index (Phi) is 4.86. The van der Waals surface area contributed by atoms with Crippen molar-refractivity contribution in [3.8, 4) is 0 Å². The van der Waals surface area contributed by atoms with Crippen LogP contribution in [0.2, 0.25) is 0 Å². The number of hydrogen-bond acceptors (Lipinski definition) is 4. The quantitative estimate of drug-likeness (QED) is 0.467. The Morgan fingerprint density at radius 3 is 2.88 bits per heavy atom. The molecule has 0 aliphatic rings. The van der Waals surface area contributed by atoms with Gasteiger partial charge in [-0.2, -0.15) is 0 Å². The van der Waals surface area contributed by atoms with Crippen molar-refractivity contribution in [1.82, 2.24) is 9.55 Å². The lowest BCUT2D eigenvalue weighted by molar-refractivity contribution is -0.138. The van der Waals surface area contributed by atoms with Crippen LogP contribution in [0.3, 0.4) is 0 Å². The zero-order chi connectivity index (χ0) is 13.0. The van der Waals surface area contributed by atoms with Gasteiger partial charge in [-0.3, -0.25) is 9.36 Å². The Morgan fingerprint density at radius 1 is 1.65 bits per heavy atom. The first-order valence-electron chi connectivity index (χ1n) is 5.04. The first-order chi connectivity index (χ1) is 7.97. The van der Waals surface area contributed by atoms with Gasteiger partial charge in [0.2, 0.25) is 0 Å². The van der Waals surface area contributed by atoms with E-state index in [0.29, 0.717) is 9.39 Å². The fourth-order valence-electron chi connectivity index (χ4n) is 1.23. The number of carbonyl (C=O) groups excluding carboxylic acids is 1. The Balaban J connectivity index is 2.96. The van der Waals surface area contributed by atoms with Gasteiger partial charge in [0, 0.05) is 11.8 Å². The SMILES string of the molecule is C=C(Cn1c(C)ncc(I)c1=O)C(=O)OCC. The zero-order valence-corrected chi connectivity index (χ0v) is 11.9. The molecule has 1 aromatic rings. The summed E-state index contributed by atoms with van der Waals surface area (Å²) in [6.07, 6.45) is 1.50. The molecule has 0 amide bonds. The number of ether oxygens (including phenoxy) is 1. The summed E-state index contributed by atoms with van der Waals surface area (Å²) in [5.41, 5.74) is 0.0596. The van der Waals surface area contributed by atoms with Crippen LogP contribution in [-0.4, -0.2) is 22.1 Å². The standard InChI is InChI=1S/C11H13IN2O3/c1-4-17-11(16)7(2)6-14-8(3)13-5-9(12)10(14)15/h5H,2,4,6H2,1,3H3. The third-order valence-electron chi connectivity index (χ3n) is 2.12. The van der Waals surface area contributed by atoms with Crippen LogP contribution >= 0.6 is 22.6 Å². The fourth-order valence-corrected chi connectivity index (χ4v) is 1.66. The molecular formula is C11H13IN2O3. The smallest absolute Gasteiger partial charge is 0.335 e. The maximum absolute atomic E-state index is 11.8. The van der Waals surface area contributed by atoms with Gasteiger partial charge in [0.1, 0.15) is 5.82 Å². The summed E-state index contributed by atoms with van der Waals surface area (Å²) in [6.45, 7) is 7.43. The van der Waals surface area contributed by atoms with E-state index in [-0.39, 0.29) is 24.3 Å². The molecular weight excluding hydrogens is 335 g/mol. The minimum atomic E-state index is -0.488. The molecule has 0 saturated carbocycles. The number of aryl methyl sites for hydroxylation is 1. The summed E-state index contributed by atoms with van der Waals surface area (Å²) in [7, 11) is 0. The molecule has 0 N–H and O–H groups in total. The number of esters is 1. The topological polar surface area (TPSA) is 61.2 Å². The molecule has 0 unspecified atom stereocenters. The molecule has 0 spiro atoms. The third kappa shape index (κ3) is 3.39. The maximum Gasteiger partial charge on any atom is 0.335 e. The van der Waals surface area contributed by atoms with Gasteiger partial charge < -0.3 is 4.74 Å². The van der Waals surface area contributed by atoms with Gasteiger partial charge in [-0.15, -0.1) is 0 Å². The van der Waals surface area contributed by atoms with E-state index in [1.165, 1.54) is 10.8 Å². The molecule has 0 aliphatic heterocycles. The summed E-state index contributed by atoms with van der Waals surface area (Å²) in [4.78, 5) is 27.3. The van der Waals surface area contributed by atoms with Crippen LogP contribution in [0.4, 0.5) is 0 Å². The van der Waals surface area contributed by atoms with Gasteiger partial charge in [-0.25, -0.2) is 9.78 Å². The summed E-state index contributed by atoms with van der Waals surface area (Å²) in [6, 6.07) is 0. The average Bonchev–Trinajstić information content (AvgIpc) is 2.29. The molecule has 5 nitrogen and oxygen atoms in total.